The lowest BCUT2D eigenvalue weighted by atomic mass is 10.3. The average Bonchev–Trinajstić information content (AvgIpc) is 2.19. The third-order valence-corrected chi connectivity index (χ3v) is 3.80. The monoisotopic (exact) mass is 307 g/mol. The zero-order valence-electron chi connectivity index (χ0n) is 8.10. The van der Waals surface area contributed by atoms with Crippen LogP contribution < -0.4 is 16.2 Å². The van der Waals surface area contributed by atoms with Crippen LogP contribution in [-0.4, -0.2) is 20.9 Å². The third kappa shape index (κ3) is 3.19. The molecule has 0 aromatic heterocycles. The van der Waals surface area contributed by atoms with Crippen LogP contribution in [0.3, 0.4) is 0 Å². The van der Waals surface area contributed by atoms with Crippen LogP contribution in [0.25, 0.3) is 0 Å². The largest absolute Gasteiger partial charge is 0.398 e. The topological polar surface area (TPSA) is 115 Å². The SMILES string of the molecule is NC(=O)CNS(=O)(=O)c1ccc(N)c(Br)c1. The second-order valence-electron chi connectivity index (χ2n) is 2.97. The second-order valence-corrected chi connectivity index (χ2v) is 5.60. The summed E-state index contributed by atoms with van der Waals surface area (Å²) in [4.78, 5) is 10.5. The van der Waals surface area contributed by atoms with Crippen LogP contribution in [0.5, 0.6) is 0 Å². The predicted molar refractivity (Wildman–Crippen MR) is 62.9 cm³/mol. The number of hydrogen-bond donors (Lipinski definition) is 3. The van der Waals surface area contributed by atoms with Gasteiger partial charge in [0.05, 0.1) is 11.4 Å². The van der Waals surface area contributed by atoms with Gasteiger partial charge in [0.15, 0.2) is 0 Å². The first kappa shape index (κ1) is 12.9. The van der Waals surface area contributed by atoms with Gasteiger partial charge in [0.2, 0.25) is 15.9 Å². The molecule has 5 N–H and O–H groups in total. The lowest BCUT2D eigenvalue weighted by Crippen LogP contribution is -2.33. The summed E-state index contributed by atoms with van der Waals surface area (Å²) in [6.45, 7) is -0.440. The number of anilines is 1. The molecule has 0 fully saturated rings. The van der Waals surface area contributed by atoms with Crippen molar-refractivity contribution in [2.24, 2.45) is 5.73 Å². The molecule has 0 atom stereocenters. The molecule has 8 heteroatoms. The molecule has 0 heterocycles. The first-order valence-electron chi connectivity index (χ1n) is 4.16. The van der Waals surface area contributed by atoms with Crippen molar-refractivity contribution in [3.8, 4) is 0 Å². The lowest BCUT2D eigenvalue weighted by Gasteiger charge is -2.06. The molecule has 1 aromatic carbocycles. The molecule has 0 saturated carbocycles. The van der Waals surface area contributed by atoms with Crippen LogP contribution in [0.4, 0.5) is 5.69 Å². The molecule has 16 heavy (non-hydrogen) atoms. The number of nitrogen functional groups attached to an aromatic ring is 1. The molecule has 0 aliphatic rings. The van der Waals surface area contributed by atoms with Crippen molar-refractivity contribution >= 4 is 37.5 Å². The fourth-order valence-electron chi connectivity index (χ4n) is 0.924. The molecule has 0 unspecified atom stereocenters. The van der Waals surface area contributed by atoms with Crippen LogP contribution >= 0.6 is 15.9 Å². The zero-order chi connectivity index (χ0) is 12.3. The number of sulfonamides is 1. The molecule has 0 saturated heterocycles. The normalized spacial score (nSPS) is 11.3. The summed E-state index contributed by atoms with van der Waals surface area (Å²) in [6, 6.07) is 4.13. The number of nitrogens with one attached hydrogen (secondary N) is 1. The molecule has 1 aromatic rings. The highest BCUT2D eigenvalue weighted by Crippen LogP contribution is 2.22. The van der Waals surface area contributed by atoms with Gasteiger partial charge in [-0.05, 0) is 34.1 Å². The molecule has 6 nitrogen and oxygen atoms in total. The van der Waals surface area contributed by atoms with E-state index in [1.165, 1.54) is 18.2 Å². The Kier molecular flexibility index (Phi) is 3.89. The Labute approximate surface area is 101 Å². The number of nitrogens with two attached hydrogens (primary N) is 2. The number of hydrogen-bond acceptors (Lipinski definition) is 4. The van der Waals surface area contributed by atoms with E-state index >= 15 is 0 Å². The van der Waals surface area contributed by atoms with Gasteiger partial charge in [-0.1, -0.05) is 0 Å². The van der Waals surface area contributed by atoms with E-state index in [-0.39, 0.29) is 4.90 Å². The van der Waals surface area contributed by atoms with Gasteiger partial charge < -0.3 is 11.5 Å². The molecule has 88 valence electrons. The number of carbonyl (C=O) groups excluding carboxylic acids is 1. The Balaban J connectivity index is 2.99. The standard InChI is InChI=1S/C8H10BrN3O3S/c9-6-3-5(1-2-7(6)10)16(14,15)12-4-8(11)13/h1-3,12H,4,10H2,(H2,11,13). The summed E-state index contributed by atoms with van der Waals surface area (Å²) < 4.78 is 25.8. The van der Waals surface area contributed by atoms with E-state index in [9.17, 15) is 13.2 Å². The average molecular weight is 308 g/mol. The molecule has 0 spiro atoms. The Morgan fingerprint density at radius 3 is 2.56 bits per heavy atom. The number of carbonyl (C=O) groups is 1. The van der Waals surface area contributed by atoms with E-state index in [4.69, 9.17) is 11.5 Å². The fourth-order valence-corrected chi connectivity index (χ4v) is 2.47. The first-order chi connectivity index (χ1) is 7.33. The second kappa shape index (κ2) is 4.81. The van der Waals surface area contributed by atoms with Crippen molar-refractivity contribution in [2.45, 2.75) is 4.90 Å². The summed E-state index contributed by atoms with van der Waals surface area (Å²) in [6.07, 6.45) is 0. The van der Waals surface area contributed by atoms with Crippen LogP contribution in [0.1, 0.15) is 0 Å². The fraction of sp³-hybridized carbons (Fsp3) is 0.125. The minimum Gasteiger partial charge on any atom is -0.398 e. The molecule has 0 bridgehead atoms. The van der Waals surface area contributed by atoms with E-state index in [0.29, 0.717) is 10.2 Å². The summed E-state index contributed by atoms with van der Waals surface area (Å²) in [5, 5.41) is 0. The number of rotatable bonds is 4. The predicted octanol–water partition coefficient (Wildman–Crippen LogP) is -0.205. The minimum absolute atomic E-state index is 0.00910. The zero-order valence-corrected chi connectivity index (χ0v) is 10.5. The maximum Gasteiger partial charge on any atom is 0.241 e. The number of amides is 1. The van der Waals surface area contributed by atoms with Crippen molar-refractivity contribution < 1.29 is 13.2 Å². The van der Waals surface area contributed by atoms with Crippen molar-refractivity contribution in [3.05, 3.63) is 22.7 Å². The Hall–Kier alpha value is -1.12. The van der Waals surface area contributed by atoms with Crippen molar-refractivity contribution in [1.82, 2.24) is 4.72 Å². The van der Waals surface area contributed by atoms with Gasteiger partial charge in [0, 0.05) is 10.2 Å². The summed E-state index contributed by atoms with van der Waals surface area (Å²) >= 11 is 3.11. The van der Waals surface area contributed by atoms with Gasteiger partial charge in [-0.3, -0.25) is 4.79 Å². The van der Waals surface area contributed by atoms with Crippen LogP contribution in [-0.2, 0) is 14.8 Å². The Morgan fingerprint density at radius 1 is 1.44 bits per heavy atom. The minimum atomic E-state index is -3.73. The maximum atomic E-state index is 11.6. The highest BCUT2D eigenvalue weighted by Gasteiger charge is 2.15. The van der Waals surface area contributed by atoms with Crippen molar-refractivity contribution in [1.29, 1.82) is 0 Å². The van der Waals surface area contributed by atoms with E-state index < -0.39 is 22.5 Å². The summed E-state index contributed by atoms with van der Waals surface area (Å²) in [7, 11) is -3.73. The van der Waals surface area contributed by atoms with E-state index in [2.05, 4.69) is 20.7 Å². The molecule has 1 amide bonds. The Morgan fingerprint density at radius 2 is 2.06 bits per heavy atom. The molecule has 0 radical (unpaired) electrons. The van der Waals surface area contributed by atoms with E-state index in [1.54, 1.807) is 0 Å². The molecule has 0 aliphatic heterocycles. The van der Waals surface area contributed by atoms with Crippen molar-refractivity contribution in [2.75, 3.05) is 12.3 Å². The first-order valence-corrected chi connectivity index (χ1v) is 6.43. The van der Waals surface area contributed by atoms with Gasteiger partial charge >= 0.3 is 0 Å². The smallest absolute Gasteiger partial charge is 0.241 e. The Bertz CT molecular complexity index is 515. The highest BCUT2D eigenvalue weighted by molar-refractivity contribution is 9.10. The van der Waals surface area contributed by atoms with Gasteiger partial charge in [0.25, 0.3) is 0 Å². The van der Waals surface area contributed by atoms with Crippen LogP contribution in [0, 0.1) is 0 Å². The van der Waals surface area contributed by atoms with Crippen LogP contribution in [0.2, 0.25) is 0 Å². The highest BCUT2D eigenvalue weighted by atomic mass is 79.9. The molecular weight excluding hydrogens is 298 g/mol. The molecule has 0 aliphatic carbocycles. The van der Waals surface area contributed by atoms with E-state index in [0.717, 1.165) is 0 Å². The van der Waals surface area contributed by atoms with Crippen molar-refractivity contribution in [3.63, 3.8) is 0 Å². The van der Waals surface area contributed by atoms with Gasteiger partial charge in [-0.15, -0.1) is 0 Å². The quantitative estimate of drug-likeness (QED) is 0.668. The van der Waals surface area contributed by atoms with E-state index in [1.807, 2.05) is 0 Å². The molecule has 1 rings (SSSR count). The number of primary amides is 1. The number of halogens is 1. The third-order valence-electron chi connectivity index (χ3n) is 1.72. The van der Waals surface area contributed by atoms with Crippen LogP contribution in [0.15, 0.2) is 27.6 Å². The van der Waals surface area contributed by atoms with Gasteiger partial charge in [-0.2, -0.15) is 0 Å². The summed E-state index contributed by atoms with van der Waals surface area (Å²) in [5.74, 6) is -0.752. The lowest BCUT2D eigenvalue weighted by molar-refractivity contribution is -0.116. The molecular formula is C8H10BrN3O3S. The maximum absolute atomic E-state index is 11.6. The summed E-state index contributed by atoms with van der Waals surface area (Å²) in [5.41, 5.74) is 10.8. The van der Waals surface area contributed by atoms with Gasteiger partial charge in [0.1, 0.15) is 0 Å². The van der Waals surface area contributed by atoms with Gasteiger partial charge in [-0.25, -0.2) is 13.1 Å². The number of benzene rings is 1.